The van der Waals surface area contributed by atoms with E-state index >= 15 is 0 Å². The molecule has 0 aromatic heterocycles. The first kappa shape index (κ1) is 15.0. The third kappa shape index (κ3) is 3.65. The molecule has 0 unspecified atom stereocenters. The molecule has 4 nitrogen and oxygen atoms in total. The van der Waals surface area contributed by atoms with Crippen LogP contribution in [0.2, 0.25) is 0 Å². The predicted octanol–water partition coefficient (Wildman–Crippen LogP) is 2.27. The number of benzene rings is 1. The number of nitrogens with one attached hydrogen (secondary N) is 1. The summed E-state index contributed by atoms with van der Waals surface area (Å²) in [6, 6.07) is 5.59. The quantitative estimate of drug-likeness (QED) is 0.928. The molecule has 0 amide bonds. The van der Waals surface area contributed by atoms with Gasteiger partial charge in [0.1, 0.15) is 0 Å². The fourth-order valence-electron chi connectivity index (χ4n) is 3.14. The summed E-state index contributed by atoms with van der Waals surface area (Å²) < 4.78 is 32.9. The van der Waals surface area contributed by atoms with E-state index in [9.17, 15) is 8.42 Å². The van der Waals surface area contributed by atoms with E-state index in [0.717, 1.165) is 45.3 Å². The lowest BCUT2D eigenvalue weighted by molar-refractivity contribution is 0.0678. The Kier molecular flexibility index (Phi) is 4.62. The summed E-state index contributed by atoms with van der Waals surface area (Å²) >= 11 is 0. The molecular weight excluding hydrogens is 286 g/mol. The number of fused-ring (bicyclic) bond motifs is 1. The van der Waals surface area contributed by atoms with Gasteiger partial charge in [-0.15, -0.1) is 0 Å². The van der Waals surface area contributed by atoms with Crippen LogP contribution in [0.5, 0.6) is 0 Å². The smallest absolute Gasteiger partial charge is 0.240 e. The van der Waals surface area contributed by atoms with Gasteiger partial charge >= 0.3 is 0 Å². The molecule has 0 atom stereocenters. The third-order valence-corrected chi connectivity index (χ3v) is 5.95. The van der Waals surface area contributed by atoms with Crippen molar-refractivity contribution in [2.75, 3.05) is 19.8 Å². The van der Waals surface area contributed by atoms with Crippen molar-refractivity contribution in [3.8, 4) is 0 Å². The molecule has 0 bridgehead atoms. The highest BCUT2D eigenvalue weighted by molar-refractivity contribution is 7.89. The first-order valence-electron chi connectivity index (χ1n) is 7.84. The summed E-state index contributed by atoms with van der Waals surface area (Å²) in [5.41, 5.74) is 2.51. The summed E-state index contributed by atoms with van der Waals surface area (Å²) in [5.74, 6) is 0.395. The maximum atomic E-state index is 12.4. The van der Waals surface area contributed by atoms with E-state index in [1.807, 2.05) is 12.1 Å². The van der Waals surface area contributed by atoms with Gasteiger partial charge in [-0.3, -0.25) is 0 Å². The number of aryl methyl sites for hydroxylation is 2. The Morgan fingerprint density at radius 1 is 1.10 bits per heavy atom. The second-order valence-corrected chi connectivity index (χ2v) is 7.81. The molecule has 1 aliphatic heterocycles. The van der Waals surface area contributed by atoms with Crippen molar-refractivity contribution < 1.29 is 13.2 Å². The fraction of sp³-hybridized carbons (Fsp3) is 0.625. The molecule has 1 aromatic rings. The van der Waals surface area contributed by atoms with E-state index in [2.05, 4.69) is 4.72 Å². The summed E-state index contributed by atoms with van der Waals surface area (Å²) in [4.78, 5) is 0.412. The number of rotatable bonds is 4. The molecule has 1 aliphatic carbocycles. The lowest BCUT2D eigenvalue weighted by atomic mass is 9.92. The molecule has 5 heteroatoms. The molecule has 1 N–H and O–H groups in total. The van der Waals surface area contributed by atoms with Crippen LogP contribution < -0.4 is 4.72 Å². The average Bonchev–Trinajstić information content (AvgIpc) is 2.53. The zero-order chi connectivity index (χ0) is 14.7. The Morgan fingerprint density at radius 2 is 1.81 bits per heavy atom. The van der Waals surface area contributed by atoms with Crippen LogP contribution in [-0.2, 0) is 27.6 Å². The van der Waals surface area contributed by atoms with Crippen molar-refractivity contribution in [3.63, 3.8) is 0 Å². The fourth-order valence-corrected chi connectivity index (χ4v) is 4.30. The minimum atomic E-state index is -3.38. The topological polar surface area (TPSA) is 55.4 Å². The van der Waals surface area contributed by atoms with Gasteiger partial charge in [-0.1, -0.05) is 6.07 Å². The van der Waals surface area contributed by atoms with Gasteiger partial charge in [-0.05, 0) is 67.7 Å². The van der Waals surface area contributed by atoms with Gasteiger partial charge in [0.05, 0.1) is 4.90 Å². The monoisotopic (exact) mass is 309 g/mol. The second-order valence-electron chi connectivity index (χ2n) is 6.05. The van der Waals surface area contributed by atoms with Crippen LogP contribution in [-0.4, -0.2) is 28.2 Å². The van der Waals surface area contributed by atoms with Gasteiger partial charge in [0.2, 0.25) is 10.0 Å². The molecule has 3 rings (SSSR count). The summed E-state index contributed by atoms with van der Waals surface area (Å²) in [6.45, 7) is 2.00. The van der Waals surface area contributed by atoms with Crippen LogP contribution >= 0.6 is 0 Å². The van der Waals surface area contributed by atoms with Gasteiger partial charge in [-0.25, -0.2) is 13.1 Å². The molecule has 1 aromatic carbocycles. The van der Waals surface area contributed by atoms with E-state index in [1.54, 1.807) is 6.07 Å². The van der Waals surface area contributed by atoms with Crippen LogP contribution in [0.15, 0.2) is 23.1 Å². The molecule has 0 radical (unpaired) electrons. The van der Waals surface area contributed by atoms with E-state index < -0.39 is 10.0 Å². The van der Waals surface area contributed by atoms with Crippen LogP contribution in [0.1, 0.15) is 36.8 Å². The standard InChI is InChI=1S/C16H23NO3S/c18-21(19,17-12-13-7-9-20-10-8-13)16-6-5-14-3-1-2-4-15(14)11-16/h5-6,11,13,17H,1-4,7-10,12H2. The highest BCUT2D eigenvalue weighted by atomic mass is 32.2. The van der Waals surface area contributed by atoms with Crippen LogP contribution in [0, 0.1) is 5.92 Å². The van der Waals surface area contributed by atoms with Crippen LogP contribution in [0.25, 0.3) is 0 Å². The van der Waals surface area contributed by atoms with E-state index in [1.165, 1.54) is 17.5 Å². The largest absolute Gasteiger partial charge is 0.381 e. The molecule has 116 valence electrons. The predicted molar refractivity (Wildman–Crippen MR) is 81.8 cm³/mol. The summed E-state index contributed by atoms with van der Waals surface area (Å²) in [7, 11) is -3.38. The first-order valence-corrected chi connectivity index (χ1v) is 9.33. The molecule has 21 heavy (non-hydrogen) atoms. The minimum absolute atomic E-state index is 0.395. The molecule has 0 spiro atoms. The molecule has 2 aliphatic rings. The Morgan fingerprint density at radius 3 is 2.57 bits per heavy atom. The molecule has 1 heterocycles. The maximum Gasteiger partial charge on any atom is 0.240 e. The highest BCUT2D eigenvalue weighted by Crippen LogP contribution is 2.24. The van der Waals surface area contributed by atoms with Gasteiger partial charge in [0.15, 0.2) is 0 Å². The van der Waals surface area contributed by atoms with Crippen molar-refractivity contribution >= 4 is 10.0 Å². The Hall–Kier alpha value is -0.910. The zero-order valence-electron chi connectivity index (χ0n) is 12.3. The molecular formula is C16H23NO3S. The maximum absolute atomic E-state index is 12.4. The number of hydrogen-bond acceptors (Lipinski definition) is 3. The van der Waals surface area contributed by atoms with E-state index in [4.69, 9.17) is 4.74 Å². The Balaban J connectivity index is 1.69. The highest BCUT2D eigenvalue weighted by Gasteiger charge is 2.20. The van der Waals surface area contributed by atoms with Gasteiger partial charge < -0.3 is 4.74 Å². The molecule has 1 fully saturated rings. The Labute approximate surface area is 126 Å². The second kappa shape index (κ2) is 6.46. The van der Waals surface area contributed by atoms with Gasteiger partial charge in [0.25, 0.3) is 0 Å². The molecule has 0 saturated carbocycles. The van der Waals surface area contributed by atoms with E-state index in [-0.39, 0.29) is 0 Å². The minimum Gasteiger partial charge on any atom is -0.381 e. The van der Waals surface area contributed by atoms with Crippen molar-refractivity contribution in [3.05, 3.63) is 29.3 Å². The third-order valence-electron chi connectivity index (χ3n) is 4.53. The average molecular weight is 309 g/mol. The normalized spacial score (nSPS) is 20.2. The number of sulfonamides is 1. The number of hydrogen-bond donors (Lipinski definition) is 1. The lowest BCUT2D eigenvalue weighted by Gasteiger charge is -2.22. The van der Waals surface area contributed by atoms with Crippen molar-refractivity contribution in [1.29, 1.82) is 0 Å². The number of ether oxygens (including phenoxy) is 1. The zero-order valence-corrected chi connectivity index (χ0v) is 13.1. The van der Waals surface area contributed by atoms with Gasteiger partial charge in [0, 0.05) is 19.8 Å². The summed E-state index contributed by atoms with van der Waals surface area (Å²) in [6.07, 6.45) is 6.32. The van der Waals surface area contributed by atoms with Crippen molar-refractivity contribution in [1.82, 2.24) is 4.72 Å². The van der Waals surface area contributed by atoms with Crippen molar-refractivity contribution in [2.45, 2.75) is 43.4 Å². The van der Waals surface area contributed by atoms with E-state index in [0.29, 0.717) is 17.4 Å². The SMILES string of the molecule is O=S(=O)(NCC1CCOCC1)c1ccc2c(c1)CCCC2. The molecule has 1 saturated heterocycles. The summed E-state index contributed by atoms with van der Waals surface area (Å²) in [5, 5.41) is 0. The van der Waals surface area contributed by atoms with Crippen LogP contribution in [0.3, 0.4) is 0 Å². The first-order chi connectivity index (χ1) is 10.1. The van der Waals surface area contributed by atoms with Crippen molar-refractivity contribution in [2.24, 2.45) is 5.92 Å². The van der Waals surface area contributed by atoms with Gasteiger partial charge in [-0.2, -0.15) is 0 Å². The lowest BCUT2D eigenvalue weighted by Crippen LogP contribution is -2.32. The Bertz CT molecular complexity index is 592. The van der Waals surface area contributed by atoms with Crippen LogP contribution in [0.4, 0.5) is 0 Å².